The van der Waals surface area contributed by atoms with E-state index < -0.39 is 0 Å². The fourth-order valence-electron chi connectivity index (χ4n) is 2.38. The van der Waals surface area contributed by atoms with Crippen LogP contribution in [0, 0.1) is 0 Å². The molecule has 1 heterocycles. The van der Waals surface area contributed by atoms with Crippen molar-refractivity contribution in [2.24, 2.45) is 0 Å². The standard InChI is InChI=1S/C14H22N2O2S2/c1-3-18-13(17)10-6-4-7-11-12(10)16-14(20-11)15-8-5-9-19-2/h10H,3-9H2,1-2H3,(H,15,16). The molecular formula is C14H22N2O2S2. The molecule has 1 aliphatic rings. The van der Waals surface area contributed by atoms with Gasteiger partial charge in [0.1, 0.15) is 5.92 Å². The number of fused-ring (bicyclic) bond motifs is 1. The number of nitrogens with one attached hydrogen (secondary N) is 1. The second kappa shape index (κ2) is 7.88. The number of thiazole rings is 1. The van der Waals surface area contributed by atoms with Crippen molar-refractivity contribution in [3.05, 3.63) is 10.6 Å². The molecule has 0 bridgehead atoms. The van der Waals surface area contributed by atoms with E-state index >= 15 is 0 Å². The number of ether oxygens (including phenoxy) is 1. The molecule has 0 spiro atoms. The molecule has 0 radical (unpaired) electrons. The minimum absolute atomic E-state index is 0.118. The van der Waals surface area contributed by atoms with Crippen LogP contribution in [-0.4, -0.2) is 36.1 Å². The molecule has 1 atom stereocenters. The summed E-state index contributed by atoms with van der Waals surface area (Å²) in [4.78, 5) is 17.9. The van der Waals surface area contributed by atoms with Crippen molar-refractivity contribution in [1.82, 2.24) is 4.98 Å². The summed E-state index contributed by atoms with van der Waals surface area (Å²) in [7, 11) is 0. The van der Waals surface area contributed by atoms with Crippen molar-refractivity contribution in [1.29, 1.82) is 0 Å². The molecule has 0 saturated carbocycles. The predicted molar refractivity (Wildman–Crippen MR) is 85.9 cm³/mol. The van der Waals surface area contributed by atoms with Gasteiger partial charge in [0.05, 0.1) is 12.3 Å². The first-order chi connectivity index (χ1) is 9.76. The highest BCUT2D eigenvalue weighted by Crippen LogP contribution is 2.37. The lowest BCUT2D eigenvalue weighted by Crippen LogP contribution is -2.20. The van der Waals surface area contributed by atoms with Crippen LogP contribution >= 0.6 is 23.1 Å². The van der Waals surface area contributed by atoms with Gasteiger partial charge in [0.25, 0.3) is 0 Å². The number of nitrogens with zero attached hydrogens (tertiary/aromatic N) is 1. The van der Waals surface area contributed by atoms with E-state index in [-0.39, 0.29) is 11.9 Å². The first kappa shape index (κ1) is 15.6. The predicted octanol–water partition coefficient (Wildman–Crippen LogP) is 3.29. The van der Waals surface area contributed by atoms with Gasteiger partial charge in [-0.05, 0) is 44.6 Å². The van der Waals surface area contributed by atoms with E-state index in [1.807, 2.05) is 18.7 Å². The van der Waals surface area contributed by atoms with Crippen molar-refractivity contribution in [2.45, 2.75) is 38.5 Å². The molecule has 1 aromatic rings. The Bertz CT molecular complexity index is 448. The Kier molecular flexibility index (Phi) is 6.16. The largest absolute Gasteiger partial charge is 0.465 e. The summed E-state index contributed by atoms with van der Waals surface area (Å²) >= 11 is 3.55. The Morgan fingerprint density at radius 2 is 2.45 bits per heavy atom. The zero-order valence-corrected chi connectivity index (χ0v) is 13.7. The van der Waals surface area contributed by atoms with Gasteiger partial charge in [-0.3, -0.25) is 4.79 Å². The highest BCUT2D eigenvalue weighted by atomic mass is 32.2. The Balaban J connectivity index is 2.00. The van der Waals surface area contributed by atoms with Gasteiger partial charge in [-0.15, -0.1) is 11.3 Å². The fourth-order valence-corrected chi connectivity index (χ4v) is 3.90. The Morgan fingerprint density at radius 3 is 3.20 bits per heavy atom. The third-order valence-electron chi connectivity index (χ3n) is 3.33. The summed E-state index contributed by atoms with van der Waals surface area (Å²) in [6.07, 6.45) is 6.19. The lowest BCUT2D eigenvalue weighted by Gasteiger charge is -2.19. The van der Waals surface area contributed by atoms with Crippen LogP contribution in [0.4, 0.5) is 5.13 Å². The van der Waals surface area contributed by atoms with Crippen molar-refractivity contribution in [2.75, 3.05) is 30.5 Å². The van der Waals surface area contributed by atoms with Gasteiger partial charge in [-0.25, -0.2) is 4.98 Å². The summed E-state index contributed by atoms with van der Waals surface area (Å²) in [5, 5.41) is 4.32. The Labute approximate surface area is 128 Å². The average Bonchev–Trinajstić information content (AvgIpc) is 2.86. The minimum atomic E-state index is -0.156. The maximum atomic E-state index is 12.0. The third kappa shape index (κ3) is 3.88. The molecule has 1 N–H and O–H groups in total. The van der Waals surface area contributed by atoms with E-state index in [0.29, 0.717) is 6.61 Å². The van der Waals surface area contributed by atoms with E-state index in [0.717, 1.165) is 48.8 Å². The van der Waals surface area contributed by atoms with E-state index in [2.05, 4.69) is 16.6 Å². The topological polar surface area (TPSA) is 51.2 Å². The number of anilines is 1. The first-order valence-corrected chi connectivity index (χ1v) is 9.36. The molecule has 0 aliphatic heterocycles. The maximum absolute atomic E-state index is 12.0. The van der Waals surface area contributed by atoms with E-state index in [1.54, 1.807) is 11.3 Å². The fraction of sp³-hybridized carbons (Fsp3) is 0.714. The first-order valence-electron chi connectivity index (χ1n) is 7.15. The highest BCUT2D eigenvalue weighted by Gasteiger charge is 2.31. The van der Waals surface area contributed by atoms with Crippen LogP contribution in [0.1, 0.15) is 42.7 Å². The van der Waals surface area contributed by atoms with E-state index in [9.17, 15) is 4.79 Å². The number of hydrogen-bond donors (Lipinski definition) is 1. The molecule has 0 fully saturated rings. The molecule has 0 aromatic carbocycles. The molecule has 20 heavy (non-hydrogen) atoms. The van der Waals surface area contributed by atoms with Gasteiger partial charge in [-0.1, -0.05) is 0 Å². The number of aryl methyl sites for hydroxylation is 1. The molecular weight excluding hydrogens is 292 g/mol. The van der Waals surface area contributed by atoms with Crippen molar-refractivity contribution in [3.63, 3.8) is 0 Å². The second-order valence-corrected chi connectivity index (χ2v) is 6.87. The number of carbonyl (C=O) groups excluding carboxylic acids is 1. The van der Waals surface area contributed by atoms with Crippen molar-refractivity contribution in [3.8, 4) is 0 Å². The normalized spacial score (nSPS) is 17.6. The average molecular weight is 314 g/mol. The van der Waals surface area contributed by atoms with Crippen LogP contribution in [0.5, 0.6) is 0 Å². The number of carbonyl (C=O) groups is 1. The number of thioether (sulfide) groups is 1. The Morgan fingerprint density at radius 1 is 1.60 bits per heavy atom. The van der Waals surface area contributed by atoms with Gasteiger partial charge in [0, 0.05) is 11.4 Å². The second-order valence-electron chi connectivity index (χ2n) is 4.80. The molecule has 6 heteroatoms. The number of hydrogen-bond acceptors (Lipinski definition) is 6. The minimum Gasteiger partial charge on any atom is -0.465 e. The summed E-state index contributed by atoms with van der Waals surface area (Å²) in [5.74, 6) is 0.883. The monoisotopic (exact) mass is 314 g/mol. The SMILES string of the molecule is CCOC(=O)C1CCCc2sc(NCCCSC)nc21. The van der Waals surface area contributed by atoms with Crippen LogP contribution in [0.2, 0.25) is 0 Å². The molecule has 4 nitrogen and oxygen atoms in total. The molecule has 1 unspecified atom stereocenters. The van der Waals surface area contributed by atoms with Gasteiger partial charge in [0.15, 0.2) is 5.13 Å². The van der Waals surface area contributed by atoms with Crippen LogP contribution in [0.15, 0.2) is 0 Å². The highest BCUT2D eigenvalue weighted by molar-refractivity contribution is 7.98. The summed E-state index contributed by atoms with van der Waals surface area (Å²) < 4.78 is 5.16. The van der Waals surface area contributed by atoms with Gasteiger partial charge in [-0.2, -0.15) is 11.8 Å². The molecule has 2 rings (SSSR count). The summed E-state index contributed by atoms with van der Waals surface area (Å²) in [6, 6.07) is 0. The van der Waals surface area contributed by atoms with Crippen LogP contribution < -0.4 is 5.32 Å². The zero-order valence-electron chi connectivity index (χ0n) is 12.1. The Hall–Kier alpha value is -0.750. The van der Waals surface area contributed by atoms with Crippen LogP contribution in [0.3, 0.4) is 0 Å². The molecule has 1 aliphatic carbocycles. The number of aromatic nitrogens is 1. The molecule has 1 aromatic heterocycles. The number of rotatable bonds is 7. The smallest absolute Gasteiger partial charge is 0.315 e. The molecule has 0 saturated heterocycles. The number of esters is 1. The summed E-state index contributed by atoms with van der Waals surface area (Å²) in [5.41, 5.74) is 0.951. The maximum Gasteiger partial charge on any atom is 0.315 e. The molecule has 0 amide bonds. The van der Waals surface area contributed by atoms with Gasteiger partial charge in [0.2, 0.25) is 0 Å². The third-order valence-corrected chi connectivity index (χ3v) is 5.11. The summed E-state index contributed by atoms with van der Waals surface area (Å²) in [6.45, 7) is 3.23. The van der Waals surface area contributed by atoms with Crippen molar-refractivity contribution >= 4 is 34.2 Å². The van der Waals surface area contributed by atoms with Crippen LogP contribution in [-0.2, 0) is 16.0 Å². The zero-order chi connectivity index (χ0) is 14.4. The van der Waals surface area contributed by atoms with E-state index in [1.165, 1.54) is 4.88 Å². The lowest BCUT2D eigenvalue weighted by molar-refractivity contribution is -0.145. The van der Waals surface area contributed by atoms with Gasteiger partial charge >= 0.3 is 5.97 Å². The lowest BCUT2D eigenvalue weighted by atomic mass is 9.91. The van der Waals surface area contributed by atoms with Crippen molar-refractivity contribution < 1.29 is 9.53 Å². The molecule has 112 valence electrons. The van der Waals surface area contributed by atoms with E-state index in [4.69, 9.17) is 4.74 Å². The quantitative estimate of drug-likeness (QED) is 0.618. The van der Waals surface area contributed by atoms with Crippen LogP contribution in [0.25, 0.3) is 0 Å². The van der Waals surface area contributed by atoms with Gasteiger partial charge < -0.3 is 10.1 Å².